The number of nitrogens with one attached hydrogen (secondary N) is 1. The van der Waals surface area contributed by atoms with Crippen LogP contribution in [0.25, 0.3) is 10.6 Å². The second kappa shape index (κ2) is 6.14. The predicted octanol–water partition coefficient (Wildman–Crippen LogP) is 2.11. The molecular formula is C15H16N4S. The number of thiazole rings is 1. The topological polar surface area (TPSA) is 52.0 Å². The van der Waals surface area contributed by atoms with Crippen LogP contribution < -0.4 is 5.32 Å². The molecule has 0 saturated carbocycles. The summed E-state index contributed by atoms with van der Waals surface area (Å²) < 4.78 is 0. The third-order valence-electron chi connectivity index (χ3n) is 3.44. The Morgan fingerprint density at radius 2 is 2.25 bits per heavy atom. The molecule has 102 valence electrons. The van der Waals surface area contributed by atoms with Gasteiger partial charge in [-0.1, -0.05) is 30.3 Å². The van der Waals surface area contributed by atoms with Gasteiger partial charge >= 0.3 is 0 Å². The first-order valence-electron chi connectivity index (χ1n) is 6.71. The highest BCUT2D eigenvalue weighted by atomic mass is 32.1. The number of piperazine rings is 1. The number of nitriles is 1. The molecule has 4 nitrogen and oxygen atoms in total. The first-order valence-corrected chi connectivity index (χ1v) is 7.59. The van der Waals surface area contributed by atoms with Gasteiger partial charge in [0.2, 0.25) is 0 Å². The molecule has 1 atom stereocenters. The maximum absolute atomic E-state index is 9.17. The highest BCUT2D eigenvalue weighted by Crippen LogP contribution is 2.24. The zero-order chi connectivity index (χ0) is 13.8. The van der Waals surface area contributed by atoms with Gasteiger partial charge in [-0.05, 0) is 0 Å². The van der Waals surface area contributed by atoms with E-state index in [0.29, 0.717) is 0 Å². The summed E-state index contributed by atoms with van der Waals surface area (Å²) >= 11 is 1.66. The highest BCUT2D eigenvalue weighted by Gasteiger charge is 2.22. The summed E-state index contributed by atoms with van der Waals surface area (Å²) in [6.07, 6.45) is 0. The number of hydrogen-bond donors (Lipinski definition) is 1. The third-order valence-corrected chi connectivity index (χ3v) is 4.38. The Balaban J connectivity index is 1.73. The number of nitrogens with zero attached hydrogens (tertiary/aromatic N) is 3. The summed E-state index contributed by atoms with van der Waals surface area (Å²) in [5, 5.41) is 15.6. The standard InChI is InChI=1S/C15H16N4S/c16-8-14-9-17-6-7-19(14)10-13-11-20-15(18-13)12-4-2-1-3-5-12/h1-5,11,14,17H,6-7,9-10H2. The zero-order valence-electron chi connectivity index (χ0n) is 11.1. The van der Waals surface area contributed by atoms with Crippen LogP contribution in [0.5, 0.6) is 0 Å². The van der Waals surface area contributed by atoms with E-state index in [2.05, 4.69) is 33.8 Å². The van der Waals surface area contributed by atoms with E-state index in [-0.39, 0.29) is 6.04 Å². The Kier molecular flexibility index (Phi) is 4.07. The Labute approximate surface area is 122 Å². The quantitative estimate of drug-likeness (QED) is 0.938. The van der Waals surface area contributed by atoms with Gasteiger partial charge in [-0.25, -0.2) is 4.98 Å². The third kappa shape index (κ3) is 2.88. The van der Waals surface area contributed by atoms with Gasteiger partial charge in [0.15, 0.2) is 0 Å². The van der Waals surface area contributed by atoms with Crippen LogP contribution in [0.15, 0.2) is 35.7 Å². The Morgan fingerprint density at radius 1 is 1.40 bits per heavy atom. The predicted molar refractivity (Wildman–Crippen MR) is 80.2 cm³/mol. The maximum Gasteiger partial charge on any atom is 0.123 e. The van der Waals surface area contributed by atoms with Crippen molar-refractivity contribution in [3.63, 3.8) is 0 Å². The lowest BCUT2D eigenvalue weighted by Gasteiger charge is -2.31. The number of hydrogen-bond acceptors (Lipinski definition) is 5. The van der Waals surface area contributed by atoms with E-state index in [1.165, 1.54) is 0 Å². The second-order valence-corrected chi connectivity index (χ2v) is 5.69. The molecule has 1 unspecified atom stereocenters. The van der Waals surface area contributed by atoms with E-state index in [9.17, 15) is 5.26 Å². The van der Waals surface area contributed by atoms with Crippen LogP contribution in [0.4, 0.5) is 0 Å². The van der Waals surface area contributed by atoms with Gasteiger partial charge in [0.05, 0.1) is 11.8 Å². The number of benzene rings is 1. The lowest BCUT2D eigenvalue weighted by molar-refractivity contribution is 0.187. The molecule has 1 aliphatic heterocycles. The molecule has 1 saturated heterocycles. The van der Waals surface area contributed by atoms with Crippen molar-refractivity contribution >= 4 is 11.3 Å². The summed E-state index contributed by atoms with van der Waals surface area (Å²) in [5.74, 6) is 0. The minimum Gasteiger partial charge on any atom is -0.313 e. The van der Waals surface area contributed by atoms with E-state index in [4.69, 9.17) is 4.98 Å². The molecule has 2 aromatic rings. The van der Waals surface area contributed by atoms with Crippen LogP contribution in [0, 0.1) is 11.3 Å². The Bertz CT molecular complexity index is 602. The van der Waals surface area contributed by atoms with Crippen molar-refractivity contribution in [1.82, 2.24) is 15.2 Å². The largest absolute Gasteiger partial charge is 0.313 e. The smallest absolute Gasteiger partial charge is 0.123 e. The number of aromatic nitrogens is 1. The van der Waals surface area contributed by atoms with Crippen molar-refractivity contribution in [2.45, 2.75) is 12.6 Å². The van der Waals surface area contributed by atoms with Crippen molar-refractivity contribution in [3.8, 4) is 16.6 Å². The molecule has 2 heterocycles. The molecule has 0 aliphatic carbocycles. The summed E-state index contributed by atoms with van der Waals surface area (Å²) in [7, 11) is 0. The summed E-state index contributed by atoms with van der Waals surface area (Å²) in [4.78, 5) is 6.89. The number of rotatable bonds is 3. The van der Waals surface area contributed by atoms with E-state index in [1.54, 1.807) is 11.3 Å². The van der Waals surface area contributed by atoms with E-state index in [0.717, 1.165) is 42.4 Å². The Morgan fingerprint density at radius 3 is 3.05 bits per heavy atom. The Hall–Kier alpha value is -1.74. The molecule has 1 aromatic heterocycles. The van der Waals surface area contributed by atoms with Crippen molar-refractivity contribution in [1.29, 1.82) is 5.26 Å². The molecule has 0 spiro atoms. The monoisotopic (exact) mass is 284 g/mol. The second-order valence-electron chi connectivity index (χ2n) is 4.83. The molecule has 1 aliphatic rings. The van der Waals surface area contributed by atoms with Crippen LogP contribution in [-0.4, -0.2) is 35.6 Å². The van der Waals surface area contributed by atoms with Gasteiger partial charge in [-0.3, -0.25) is 4.90 Å². The molecule has 1 N–H and O–H groups in total. The average Bonchev–Trinajstić information content (AvgIpc) is 2.97. The van der Waals surface area contributed by atoms with E-state index < -0.39 is 0 Å². The molecule has 0 amide bonds. The van der Waals surface area contributed by atoms with Crippen molar-refractivity contribution in [2.24, 2.45) is 0 Å². The fraction of sp³-hybridized carbons (Fsp3) is 0.333. The molecule has 3 rings (SSSR count). The molecule has 0 radical (unpaired) electrons. The van der Waals surface area contributed by atoms with Crippen LogP contribution >= 0.6 is 11.3 Å². The van der Waals surface area contributed by atoms with Crippen molar-refractivity contribution in [3.05, 3.63) is 41.4 Å². The highest BCUT2D eigenvalue weighted by molar-refractivity contribution is 7.13. The fourth-order valence-electron chi connectivity index (χ4n) is 2.36. The molecule has 20 heavy (non-hydrogen) atoms. The summed E-state index contributed by atoms with van der Waals surface area (Å²) in [6.45, 7) is 3.33. The van der Waals surface area contributed by atoms with Gasteiger partial charge in [0.1, 0.15) is 11.0 Å². The van der Waals surface area contributed by atoms with Gasteiger partial charge in [-0.2, -0.15) is 5.26 Å². The first-order chi connectivity index (χ1) is 9.86. The first kappa shape index (κ1) is 13.3. The SMILES string of the molecule is N#CC1CNCCN1Cc1csc(-c2ccccc2)n1. The summed E-state index contributed by atoms with van der Waals surface area (Å²) in [6, 6.07) is 12.5. The molecule has 1 aromatic carbocycles. The van der Waals surface area contributed by atoms with Gasteiger partial charge < -0.3 is 5.32 Å². The van der Waals surface area contributed by atoms with Gasteiger partial charge in [0.25, 0.3) is 0 Å². The van der Waals surface area contributed by atoms with E-state index in [1.807, 2.05) is 18.2 Å². The van der Waals surface area contributed by atoms with Crippen LogP contribution in [-0.2, 0) is 6.54 Å². The molecule has 1 fully saturated rings. The molecule has 5 heteroatoms. The lowest BCUT2D eigenvalue weighted by atomic mass is 10.2. The van der Waals surface area contributed by atoms with E-state index >= 15 is 0 Å². The van der Waals surface area contributed by atoms with Crippen LogP contribution in [0.1, 0.15) is 5.69 Å². The van der Waals surface area contributed by atoms with Crippen molar-refractivity contribution < 1.29 is 0 Å². The minimum atomic E-state index is -0.0503. The maximum atomic E-state index is 9.17. The zero-order valence-corrected chi connectivity index (χ0v) is 11.9. The molecular weight excluding hydrogens is 268 g/mol. The van der Waals surface area contributed by atoms with Crippen molar-refractivity contribution in [2.75, 3.05) is 19.6 Å². The van der Waals surface area contributed by atoms with Gasteiger partial charge in [-0.15, -0.1) is 11.3 Å². The van der Waals surface area contributed by atoms with Crippen LogP contribution in [0.2, 0.25) is 0 Å². The fourth-order valence-corrected chi connectivity index (χ4v) is 3.18. The minimum absolute atomic E-state index is 0.0503. The average molecular weight is 284 g/mol. The van der Waals surface area contributed by atoms with Gasteiger partial charge in [0, 0.05) is 37.1 Å². The lowest BCUT2D eigenvalue weighted by Crippen LogP contribution is -2.50. The normalized spacial score (nSPS) is 19.6. The molecule has 0 bridgehead atoms. The summed E-state index contributed by atoms with van der Waals surface area (Å²) in [5.41, 5.74) is 2.21. The van der Waals surface area contributed by atoms with Crippen LogP contribution in [0.3, 0.4) is 0 Å².